The third-order valence-corrected chi connectivity index (χ3v) is 5.60. The maximum Gasteiger partial charge on any atom is 0.238 e. The second kappa shape index (κ2) is 6.52. The first kappa shape index (κ1) is 16.9. The van der Waals surface area contributed by atoms with Crippen molar-refractivity contribution in [2.45, 2.75) is 27.2 Å². The first-order valence-corrected chi connectivity index (χ1v) is 8.87. The zero-order chi connectivity index (χ0) is 17.4. The number of amides is 2. The summed E-state index contributed by atoms with van der Waals surface area (Å²) in [6, 6.07) is 13.7. The lowest BCUT2D eigenvalue weighted by molar-refractivity contribution is -0.122. The number of benzene rings is 2. The Kier molecular flexibility index (Phi) is 4.59. The van der Waals surface area contributed by atoms with Crippen LogP contribution in [0.3, 0.4) is 0 Å². The predicted molar refractivity (Wildman–Crippen MR) is 98.9 cm³/mol. The molecule has 2 aromatic carbocycles. The fourth-order valence-corrected chi connectivity index (χ4v) is 3.45. The highest BCUT2D eigenvalue weighted by Gasteiger charge is 2.45. The lowest BCUT2D eigenvalue weighted by Crippen LogP contribution is -2.31. The average molecular weight is 386 g/mol. The highest BCUT2D eigenvalue weighted by molar-refractivity contribution is 9.10. The van der Waals surface area contributed by atoms with Gasteiger partial charge >= 0.3 is 0 Å². The molecule has 2 aromatic rings. The fourth-order valence-electron chi connectivity index (χ4n) is 3.08. The Morgan fingerprint density at radius 2 is 1.67 bits per heavy atom. The van der Waals surface area contributed by atoms with E-state index >= 15 is 0 Å². The molecule has 1 aliphatic rings. The van der Waals surface area contributed by atoms with Crippen LogP contribution in [0.25, 0.3) is 0 Å². The quantitative estimate of drug-likeness (QED) is 0.732. The van der Waals surface area contributed by atoms with Crippen molar-refractivity contribution in [1.82, 2.24) is 0 Å². The number of nitrogens with zero attached hydrogens (tertiary/aromatic N) is 1. The molecule has 4 heteroatoms. The van der Waals surface area contributed by atoms with E-state index in [2.05, 4.69) is 15.9 Å². The molecule has 1 saturated heterocycles. The van der Waals surface area contributed by atoms with Crippen molar-refractivity contribution in [3.05, 3.63) is 63.6 Å². The van der Waals surface area contributed by atoms with E-state index in [9.17, 15) is 9.59 Å². The van der Waals surface area contributed by atoms with Crippen molar-refractivity contribution in [3.63, 3.8) is 0 Å². The smallest absolute Gasteiger partial charge is 0.238 e. The first-order chi connectivity index (χ1) is 11.4. The van der Waals surface area contributed by atoms with Gasteiger partial charge in [0.1, 0.15) is 0 Å². The molecule has 124 valence electrons. The topological polar surface area (TPSA) is 37.4 Å². The Balaban J connectivity index is 1.88. The molecule has 0 bridgehead atoms. The van der Waals surface area contributed by atoms with Gasteiger partial charge in [-0.25, -0.2) is 0 Å². The summed E-state index contributed by atoms with van der Waals surface area (Å²) in [4.78, 5) is 26.9. The van der Waals surface area contributed by atoms with Crippen molar-refractivity contribution in [1.29, 1.82) is 0 Å². The van der Waals surface area contributed by atoms with Gasteiger partial charge in [0.25, 0.3) is 0 Å². The molecule has 0 N–H and O–H groups in total. The standard InChI is InChI=1S/C20H20BrNO2/c1-12-4-7-15(8-5-12)10-17-14(3)19(23)22(20(17)24)16-9-6-13(2)18(21)11-16/h4-9,11,14,17H,10H2,1-3H3/t14-,17+/m1/s1. The van der Waals surface area contributed by atoms with Gasteiger partial charge in [0.05, 0.1) is 11.6 Å². The maximum atomic E-state index is 12.9. The van der Waals surface area contributed by atoms with Crippen LogP contribution in [0.15, 0.2) is 46.9 Å². The van der Waals surface area contributed by atoms with E-state index in [4.69, 9.17) is 0 Å². The number of carbonyl (C=O) groups is 2. The normalized spacial score (nSPS) is 20.8. The average Bonchev–Trinajstić information content (AvgIpc) is 2.76. The molecule has 24 heavy (non-hydrogen) atoms. The number of carbonyl (C=O) groups excluding carboxylic acids is 2. The van der Waals surface area contributed by atoms with Gasteiger partial charge in [-0.2, -0.15) is 0 Å². The van der Waals surface area contributed by atoms with Crippen molar-refractivity contribution < 1.29 is 9.59 Å². The van der Waals surface area contributed by atoms with Gasteiger partial charge in [-0.05, 0) is 43.5 Å². The Bertz CT molecular complexity index is 798. The van der Waals surface area contributed by atoms with Crippen LogP contribution in [-0.4, -0.2) is 11.8 Å². The molecule has 2 amide bonds. The summed E-state index contributed by atoms with van der Waals surface area (Å²) in [6.45, 7) is 5.86. The van der Waals surface area contributed by atoms with Crippen LogP contribution in [0.5, 0.6) is 0 Å². The van der Waals surface area contributed by atoms with Crippen molar-refractivity contribution >= 4 is 33.4 Å². The van der Waals surface area contributed by atoms with Crippen LogP contribution in [0, 0.1) is 25.7 Å². The molecular weight excluding hydrogens is 366 g/mol. The van der Waals surface area contributed by atoms with Crippen LogP contribution in [0.2, 0.25) is 0 Å². The Hall–Kier alpha value is -1.94. The molecule has 1 aliphatic heterocycles. The molecule has 3 nitrogen and oxygen atoms in total. The van der Waals surface area contributed by atoms with Crippen molar-refractivity contribution in [2.24, 2.45) is 11.8 Å². The van der Waals surface area contributed by atoms with Crippen LogP contribution >= 0.6 is 15.9 Å². The van der Waals surface area contributed by atoms with E-state index in [0.29, 0.717) is 12.1 Å². The monoisotopic (exact) mass is 385 g/mol. The van der Waals surface area contributed by atoms with Gasteiger partial charge < -0.3 is 0 Å². The molecule has 1 heterocycles. The van der Waals surface area contributed by atoms with Crippen molar-refractivity contribution in [2.75, 3.05) is 4.90 Å². The van der Waals surface area contributed by atoms with Gasteiger partial charge in [0.2, 0.25) is 11.8 Å². The molecule has 0 spiro atoms. The minimum atomic E-state index is -0.307. The molecule has 0 radical (unpaired) electrons. The SMILES string of the molecule is Cc1ccc(C[C@@H]2C(=O)N(c3ccc(C)c(Br)c3)C(=O)[C@@H]2C)cc1. The summed E-state index contributed by atoms with van der Waals surface area (Å²) in [7, 11) is 0. The second-order valence-electron chi connectivity index (χ2n) is 6.53. The zero-order valence-corrected chi connectivity index (χ0v) is 15.6. The highest BCUT2D eigenvalue weighted by Crippen LogP contribution is 2.34. The molecule has 0 saturated carbocycles. The van der Waals surface area contributed by atoms with E-state index in [1.54, 1.807) is 0 Å². The molecule has 0 unspecified atom stereocenters. The van der Waals surface area contributed by atoms with Crippen LogP contribution in [0.4, 0.5) is 5.69 Å². The van der Waals surface area contributed by atoms with Gasteiger partial charge in [0, 0.05) is 10.4 Å². The zero-order valence-electron chi connectivity index (χ0n) is 14.0. The van der Waals surface area contributed by atoms with Crippen LogP contribution < -0.4 is 4.90 Å². The largest absolute Gasteiger partial charge is 0.274 e. The number of anilines is 1. The van der Waals surface area contributed by atoms with E-state index in [1.807, 2.05) is 63.2 Å². The molecule has 2 atom stereocenters. The van der Waals surface area contributed by atoms with Gasteiger partial charge in [0.15, 0.2) is 0 Å². The third-order valence-electron chi connectivity index (χ3n) is 4.74. The molecule has 0 aliphatic carbocycles. The van der Waals surface area contributed by atoms with Crippen molar-refractivity contribution in [3.8, 4) is 0 Å². The molecule has 3 rings (SSSR count). The van der Waals surface area contributed by atoms with E-state index in [-0.39, 0.29) is 23.7 Å². The molecular formula is C20H20BrNO2. The lowest BCUT2D eigenvalue weighted by Gasteiger charge is -2.16. The Morgan fingerprint density at radius 1 is 1.00 bits per heavy atom. The minimum absolute atomic E-state index is 0.108. The van der Waals surface area contributed by atoms with Gasteiger partial charge in [-0.3, -0.25) is 14.5 Å². The van der Waals surface area contributed by atoms with E-state index in [1.165, 1.54) is 10.5 Å². The summed E-state index contributed by atoms with van der Waals surface area (Å²) in [5.74, 6) is -0.837. The number of hydrogen-bond acceptors (Lipinski definition) is 2. The minimum Gasteiger partial charge on any atom is -0.274 e. The second-order valence-corrected chi connectivity index (χ2v) is 7.38. The third kappa shape index (κ3) is 3.03. The fraction of sp³-hybridized carbons (Fsp3) is 0.300. The molecule has 0 aromatic heterocycles. The summed E-state index contributed by atoms with van der Waals surface area (Å²) < 4.78 is 0.898. The number of hydrogen-bond donors (Lipinski definition) is 0. The number of imide groups is 1. The summed E-state index contributed by atoms with van der Waals surface area (Å²) in [5.41, 5.74) is 3.99. The summed E-state index contributed by atoms with van der Waals surface area (Å²) in [6.07, 6.45) is 0.593. The number of rotatable bonds is 3. The van der Waals surface area contributed by atoms with E-state index in [0.717, 1.165) is 15.6 Å². The maximum absolute atomic E-state index is 12.9. The highest BCUT2D eigenvalue weighted by atomic mass is 79.9. The lowest BCUT2D eigenvalue weighted by atomic mass is 9.90. The number of aryl methyl sites for hydroxylation is 2. The Morgan fingerprint density at radius 3 is 2.29 bits per heavy atom. The van der Waals surface area contributed by atoms with Gasteiger partial charge in [-0.15, -0.1) is 0 Å². The van der Waals surface area contributed by atoms with Crippen LogP contribution in [0.1, 0.15) is 23.6 Å². The first-order valence-electron chi connectivity index (χ1n) is 8.08. The summed E-state index contributed by atoms with van der Waals surface area (Å²) in [5, 5.41) is 0. The number of halogens is 1. The predicted octanol–water partition coefficient (Wildman–Crippen LogP) is 4.43. The van der Waals surface area contributed by atoms with Crippen LogP contribution in [-0.2, 0) is 16.0 Å². The Labute approximate surface area is 150 Å². The van der Waals surface area contributed by atoms with Gasteiger partial charge in [-0.1, -0.05) is 58.7 Å². The van der Waals surface area contributed by atoms with E-state index < -0.39 is 0 Å². The summed E-state index contributed by atoms with van der Waals surface area (Å²) >= 11 is 3.47. The molecule has 1 fully saturated rings.